The maximum Gasteiger partial charge on any atom is 0.0856 e. The van der Waals surface area contributed by atoms with Gasteiger partial charge in [-0.05, 0) is 19.3 Å². The van der Waals surface area contributed by atoms with E-state index in [0.29, 0.717) is 12.3 Å². The van der Waals surface area contributed by atoms with Gasteiger partial charge in [0.1, 0.15) is 0 Å². The average molecular weight is 172 g/mol. The summed E-state index contributed by atoms with van der Waals surface area (Å²) in [5.74, 6) is 0.337. The van der Waals surface area contributed by atoms with Crippen molar-refractivity contribution in [1.82, 2.24) is 0 Å². The summed E-state index contributed by atoms with van der Waals surface area (Å²) in [7, 11) is 1.63. The lowest BCUT2D eigenvalue weighted by Gasteiger charge is -2.24. The second kappa shape index (κ2) is 5.33. The number of hydrogen-bond acceptors (Lipinski definition) is 2. The van der Waals surface area contributed by atoms with Gasteiger partial charge in [-0.15, -0.1) is 6.58 Å². The molecule has 0 fully saturated rings. The Morgan fingerprint density at radius 3 is 2.25 bits per heavy atom. The van der Waals surface area contributed by atoms with Crippen molar-refractivity contribution < 1.29 is 9.84 Å². The first-order valence-corrected chi connectivity index (χ1v) is 4.34. The number of ether oxygens (including phenoxy) is 1. The van der Waals surface area contributed by atoms with Gasteiger partial charge in [-0.3, -0.25) is 0 Å². The van der Waals surface area contributed by atoms with E-state index in [9.17, 15) is 5.11 Å². The molecule has 2 atom stereocenters. The number of hydrogen-bond donors (Lipinski definition) is 1. The van der Waals surface area contributed by atoms with Crippen LogP contribution in [0, 0.1) is 5.92 Å². The van der Waals surface area contributed by atoms with Crippen LogP contribution in [0.2, 0.25) is 0 Å². The van der Waals surface area contributed by atoms with Crippen LogP contribution in [0.4, 0.5) is 0 Å². The van der Waals surface area contributed by atoms with Gasteiger partial charge in [-0.2, -0.15) is 0 Å². The topological polar surface area (TPSA) is 29.5 Å². The molecule has 0 spiro atoms. The molecule has 0 aliphatic rings. The summed E-state index contributed by atoms with van der Waals surface area (Å²) < 4.78 is 5.18. The lowest BCUT2D eigenvalue weighted by molar-refractivity contribution is -0.0366. The van der Waals surface area contributed by atoms with Crippen LogP contribution in [-0.2, 0) is 4.74 Å². The average Bonchev–Trinajstić information content (AvgIpc) is 1.85. The van der Waals surface area contributed by atoms with Gasteiger partial charge in [0.15, 0.2) is 0 Å². The second-order valence-electron chi connectivity index (χ2n) is 3.67. The minimum Gasteiger partial charge on any atom is -0.390 e. The highest BCUT2D eigenvalue weighted by Gasteiger charge is 2.21. The molecule has 0 saturated carbocycles. The normalized spacial score (nSPS) is 16.2. The first-order valence-electron chi connectivity index (χ1n) is 4.34. The number of aliphatic hydroxyl groups is 1. The van der Waals surface area contributed by atoms with E-state index >= 15 is 0 Å². The van der Waals surface area contributed by atoms with E-state index in [1.54, 1.807) is 7.11 Å². The Bertz CT molecular complexity index is 141. The largest absolute Gasteiger partial charge is 0.390 e. The molecule has 72 valence electrons. The van der Waals surface area contributed by atoms with Gasteiger partial charge in [0.05, 0.1) is 12.2 Å². The van der Waals surface area contributed by atoms with Gasteiger partial charge in [0, 0.05) is 7.11 Å². The molecule has 0 amide bonds. The minimum absolute atomic E-state index is 0.0818. The molecule has 2 nitrogen and oxygen atoms in total. The number of aliphatic hydroxyl groups excluding tert-OH is 1. The number of rotatable bonds is 5. The Kier molecular flexibility index (Phi) is 5.18. The maximum absolute atomic E-state index is 9.66. The summed E-state index contributed by atoms with van der Waals surface area (Å²) in [5, 5.41) is 9.66. The van der Waals surface area contributed by atoms with E-state index in [2.05, 4.69) is 6.58 Å². The van der Waals surface area contributed by atoms with Gasteiger partial charge >= 0.3 is 0 Å². The van der Waals surface area contributed by atoms with Gasteiger partial charge in [-0.25, -0.2) is 0 Å². The molecule has 0 saturated heterocycles. The van der Waals surface area contributed by atoms with Crippen LogP contribution in [0.1, 0.15) is 27.2 Å². The Morgan fingerprint density at radius 2 is 2.00 bits per heavy atom. The number of methoxy groups -OCH3 is 1. The predicted molar refractivity (Wildman–Crippen MR) is 51.1 cm³/mol. The Morgan fingerprint density at radius 1 is 1.50 bits per heavy atom. The molecule has 12 heavy (non-hydrogen) atoms. The molecule has 0 heterocycles. The van der Waals surface area contributed by atoms with Crippen molar-refractivity contribution in [3.05, 3.63) is 12.2 Å². The molecule has 0 bridgehead atoms. The van der Waals surface area contributed by atoms with Crippen molar-refractivity contribution >= 4 is 0 Å². The first-order chi connectivity index (χ1) is 5.49. The third kappa shape index (κ3) is 3.88. The molecule has 0 aromatic carbocycles. The van der Waals surface area contributed by atoms with Gasteiger partial charge < -0.3 is 9.84 Å². The summed E-state index contributed by atoms with van der Waals surface area (Å²) in [5.41, 5.74) is 0.991. The molecule has 2 heteroatoms. The van der Waals surface area contributed by atoms with Crippen LogP contribution in [0.5, 0.6) is 0 Å². The predicted octanol–water partition coefficient (Wildman–Crippen LogP) is 1.98. The Balaban J connectivity index is 4.02. The Labute approximate surface area is 75.2 Å². The van der Waals surface area contributed by atoms with Crippen LogP contribution in [0.25, 0.3) is 0 Å². The van der Waals surface area contributed by atoms with Gasteiger partial charge in [0.25, 0.3) is 0 Å². The highest BCUT2D eigenvalue weighted by Crippen LogP contribution is 2.15. The van der Waals surface area contributed by atoms with E-state index in [1.165, 1.54) is 0 Å². The molecule has 0 radical (unpaired) electrons. The first kappa shape index (κ1) is 11.7. The lowest BCUT2D eigenvalue weighted by Crippen LogP contribution is -2.32. The van der Waals surface area contributed by atoms with Crippen LogP contribution < -0.4 is 0 Å². The van der Waals surface area contributed by atoms with Crippen molar-refractivity contribution in [2.24, 2.45) is 5.92 Å². The second-order valence-corrected chi connectivity index (χ2v) is 3.67. The molecule has 0 aliphatic heterocycles. The molecule has 2 unspecified atom stereocenters. The standard InChI is InChI=1S/C10H20O2/c1-7(2)6-9(11)10(12-5)8(3)4/h8-11H,1,6H2,2-5H3. The Hall–Kier alpha value is -0.340. The third-order valence-electron chi connectivity index (χ3n) is 1.87. The van der Waals surface area contributed by atoms with E-state index < -0.39 is 6.10 Å². The summed E-state index contributed by atoms with van der Waals surface area (Å²) in [6, 6.07) is 0. The fourth-order valence-electron chi connectivity index (χ4n) is 1.35. The molecule has 0 aromatic heterocycles. The quantitative estimate of drug-likeness (QED) is 0.643. The van der Waals surface area contributed by atoms with Crippen molar-refractivity contribution in [3.8, 4) is 0 Å². The van der Waals surface area contributed by atoms with Crippen LogP contribution in [0.3, 0.4) is 0 Å². The summed E-state index contributed by atoms with van der Waals surface area (Å²) in [6.45, 7) is 9.74. The molecule has 0 aliphatic carbocycles. The van der Waals surface area contributed by atoms with Crippen LogP contribution >= 0.6 is 0 Å². The summed E-state index contributed by atoms with van der Waals surface area (Å²) in [6.07, 6.45) is 0.116. The maximum atomic E-state index is 9.66. The van der Waals surface area contributed by atoms with Crippen molar-refractivity contribution in [2.75, 3.05) is 7.11 Å². The van der Waals surface area contributed by atoms with E-state index in [0.717, 1.165) is 5.57 Å². The molecule has 1 N–H and O–H groups in total. The highest BCUT2D eigenvalue weighted by molar-refractivity contribution is 4.93. The minimum atomic E-state index is -0.424. The van der Waals surface area contributed by atoms with E-state index in [1.807, 2.05) is 20.8 Å². The molecular formula is C10H20O2. The van der Waals surface area contributed by atoms with Crippen molar-refractivity contribution in [2.45, 2.75) is 39.4 Å². The fourth-order valence-corrected chi connectivity index (χ4v) is 1.35. The molecular weight excluding hydrogens is 152 g/mol. The highest BCUT2D eigenvalue weighted by atomic mass is 16.5. The molecule has 0 rings (SSSR count). The van der Waals surface area contributed by atoms with Crippen LogP contribution in [-0.4, -0.2) is 24.4 Å². The lowest BCUT2D eigenvalue weighted by atomic mass is 9.97. The van der Waals surface area contributed by atoms with Crippen molar-refractivity contribution in [1.29, 1.82) is 0 Å². The summed E-state index contributed by atoms with van der Waals surface area (Å²) >= 11 is 0. The monoisotopic (exact) mass is 172 g/mol. The smallest absolute Gasteiger partial charge is 0.0856 e. The van der Waals surface area contributed by atoms with Crippen molar-refractivity contribution in [3.63, 3.8) is 0 Å². The SMILES string of the molecule is C=C(C)CC(O)C(OC)C(C)C. The zero-order valence-corrected chi connectivity index (χ0v) is 8.50. The zero-order chi connectivity index (χ0) is 9.72. The summed E-state index contributed by atoms with van der Waals surface area (Å²) in [4.78, 5) is 0. The van der Waals surface area contributed by atoms with Gasteiger partial charge in [-0.1, -0.05) is 19.4 Å². The third-order valence-corrected chi connectivity index (χ3v) is 1.87. The molecule has 0 aromatic rings. The van der Waals surface area contributed by atoms with E-state index in [-0.39, 0.29) is 6.10 Å². The van der Waals surface area contributed by atoms with E-state index in [4.69, 9.17) is 4.74 Å². The zero-order valence-electron chi connectivity index (χ0n) is 8.50. The van der Waals surface area contributed by atoms with Crippen LogP contribution in [0.15, 0.2) is 12.2 Å². The fraction of sp³-hybridized carbons (Fsp3) is 0.800. The van der Waals surface area contributed by atoms with Gasteiger partial charge in [0.2, 0.25) is 0 Å².